The van der Waals surface area contributed by atoms with Crippen molar-refractivity contribution in [2.75, 3.05) is 0 Å². The highest BCUT2D eigenvalue weighted by Gasteiger charge is 2.07. The van der Waals surface area contributed by atoms with Crippen LogP contribution >= 0.6 is 0 Å². The molecular formula is C18H14N2O3. The van der Waals surface area contributed by atoms with Gasteiger partial charge in [0.05, 0.1) is 6.21 Å². The minimum Gasteiger partial charge on any atom is -0.504 e. The quantitative estimate of drug-likeness (QED) is 0.395. The molecule has 0 heterocycles. The predicted molar refractivity (Wildman–Crippen MR) is 88.8 cm³/mol. The first-order valence-corrected chi connectivity index (χ1v) is 6.98. The summed E-state index contributed by atoms with van der Waals surface area (Å²) in [5.74, 6) is -1.10. The van der Waals surface area contributed by atoms with E-state index >= 15 is 0 Å². The first kappa shape index (κ1) is 14.6. The van der Waals surface area contributed by atoms with E-state index in [2.05, 4.69) is 10.5 Å². The molecule has 1 amide bonds. The number of hydrazone groups is 1. The molecule has 0 unspecified atom stereocenters. The van der Waals surface area contributed by atoms with E-state index in [1.54, 1.807) is 6.21 Å². The van der Waals surface area contributed by atoms with E-state index in [-0.39, 0.29) is 17.1 Å². The van der Waals surface area contributed by atoms with E-state index in [0.29, 0.717) is 0 Å². The van der Waals surface area contributed by atoms with Crippen molar-refractivity contribution in [3.63, 3.8) is 0 Å². The average Bonchev–Trinajstić information content (AvgIpc) is 2.57. The monoisotopic (exact) mass is 306 g/mol. The fraction of sp³-hybridized carbons (Fsp3) is 0. The van der Waals surface area contributed by atoms with Crippen LogP contribution in [0.3, 0.4) is 0 Å². The molecule has 0 bridgehead atoms. The fourth-order valence-corrected chi connectivity index (χ4v) is 2.25. The summed E-state index contributed by atoms with van der Waals surface area (Å²) in [5.41, 5.74) is 3.49. The van der Waals surface area contributed by atoms with Crippen molar-refractivity contribution >= 4 is 22.9 Å². The number of fused-ring (bicyclic) bond motifs is 1. The fourth-order valence-electron chi connectivity index (χ4n) is 2.25. The average molecular weight is 306 g/mol. The molecule has 0 spiro atoms. The predicted octanol–water partition coefficient (Wildman–Crippen LogP) is 3.01. The Morgan fingerprint density at radius 2 is 1.74 bits per heavy atom. The van der Waals surface area contributed by atoms with Gasteiger partial charge in [-0.15, -0.1) is 0 Å². The van der Waals surface area contributed by atoms with Crippen molar-refractivity contribution < 1.29 is 15.0 Å². The summed E-state index contributed by atoms with van der Waals surface area (Å²) in [4.78, 5) is 11.9. The number of nitrogens with zero attached hydrogens (tertiary/aromatic N) is 1. The standard InChI is InChI=1S/C18H14N2O3/c21-16-9-8-13(10-17(16)22)18(23)20-19-11-14-6-3-5-12-4-1-2-7-15(12)14/h1-11,21-22H,(H,20,23)/b19-11-. The molecule has 0 saturated carbocycles. The topological polar surface area (TPSA) is 81.9 Å². The van der Waals surface area contributed by atoms with Gasteiger partial charge in [-0.25, -0.2) is 5.43 Å². The maximum absolute atomic E-state index is 11.9. The third kappa shape index (κ3) is 3.13. The van der Waals surface area contributed by atoms with Crippen LogP contribution in [0.4, 0.5) is 0 Å². The van der Waals surface area contributed by atoms with Crippen molar-refractivity contribution in [1.29, 1.82) is 0 Å². The number of phenolic OH excluding ortho intramolecular Hbond substituents is 2. The van der Waals surface area contributed by atoms with Gasteiger partial charge in [0.2, 0.25) is 0 Å². The van der Waals surface area contributed by atoms with Gasteiger partial charge in [0.1, 0.15) is 0 Å². The van der Waals surface area contributed by atoms with Crippen LogP contribution in [0.2, 0.25) is 0 Å². The second-order valence-corrected chi connectivity index (χ2v) is 4.97. The van der Waals surface area contributed by atoms with Crippen LogP contribution in [-0.2, 0) is 0 Å². The van der Waals surface area contributed by atoms with Crippen LogP contribution in [0.15, 0.2) is 65.8 Å². The largest absolute Gasteiger partial charge is 0.504 e. The van der Waals surface area contributed by atoms with E-state index in [4.69, 9.17) is 0 Å². The van der Waals surface area contributed by atoms with Gasteiger partial charge in [-0.1, -0.05) is 42.5 Å². The Hall–Kier alpha value is -3.34. The molecule has 114 valence electrons. The number of phenols is 2. The lowest BCUT2D eigenvalue weighted by Gasteiger charge is -2.03. The molecule has 3 aromatic rings. The minimum atomic E-state index is -0.475. The third-order valence-corrected chi connectivity index (χ3v) is 3.43. The second kappa shape index (κ2) is 6.19. The minimum absolute atomic E-state index is 0.204. The number of nitrogens with one attached hydrogen (secondary N) is 1. The van der Waals surface area contributed by atoms with Gasteiger partial charge in [0.25, 0.3) is 5.91 Å². The Bertz CT molecular complexity index is 898. The van der Waals surface area contributed by atoms with Gasteiger partial charge in [-0.2, -0.15) is 5.10 Å². The number of carbonyl (C=O) groups is 1. The molecule has 5 nitrogen and oxygen atoms in total. The van der Waals surface area contributed by atoms with Gasteiger partial charge in [0, 0.05) is 11.1 Å². The number of hydrogen-bond donors (Lipinski definition) is 3. The van der Waals surface area contributed by atoms with Crippen molar-refractivity contribution in [3.05, 3.63) is 71.8 Å². The molecule has 0 aliphatic heterocycles. The summed E-state index contributed by atoms with van der Waals surface area (Å²) in [6, 6.07) is 17.5. The smallest absolute Gasteiger partial charge is 0.271 e. The Kier molecular flexibility index (Phi) is 3.93. The lowest BCUT2D eigenvalue weighted by molar-refractivity contribution is 0.0954. The van der Waals surface area contributed by atoms with E-state index in [1.807, 2.05) is 42.5 Å². The van der Waals surface area contributed by atoms with Crippen molar-refractivity contribution in [2.45, 2.75) is 0 Å². The van der Waals surface area contributed by atoms with E-state index in [0.717, 1.165) is 16.3 Å². The molecule has 0 fully saturated rings. The highest BCUT2D eigenvalue weighted by atomic mass is 16.3. The zero-order chi connectivity index (χ0) is 16.2. The number of rotatable bonds is 3. The lowest BCUT2D eigenvalue weighted by atomic mass is 10.1. The number of carbonyl (C=O) groups excluding carboxylic acids is 1. The summed E-state index contributed by atoms with van der Waals surface area (Å²) >= 11 is 0. The molecule has 0 saturated heterocycles. The van der Waals surface area contributed by atoms with Crippen molar-refractivity contribution in [2.24, 2.45) is 5.10 Å². The molecule has 3 aromatic carbocycles. The molecule has 5 heteroatoms. The van der Waals surface area contributed by atoms with Crippen LogP contribution in [0.25, 0.3) is 10.8 Å². The van der Waals surface area contributed by atoms with E-state index < -0.39 is 5.91 Å². The number of amides is 1. The van der Waals surface area contributed by atoms with E-state index in [1.165, 1.54) is 18.2 Å². The Morgan fingerprint density at radius 3 is 2.57 bits per heavy atom. The molecular weight excluding hydrogens is 292 g/mol. The second-order valence-electron chi connectivity index (χ2n) is 4.97. The molecule has 23 heavy (non-hydrogen) atoms. The summed E-state index contributed by atoms with van der Waals surface area (Å²) in [5, 5.41) is 24.7. The van der Waals surface area contributed by atoms with Crippen molar-refractivity contribution in [1.82, 2.24) is 5.43 Å². The summed E-state index contributed by atoms with van der Waals surface area (Å²) in [6.07, 6.45) is 1.57. The highest BCUT2D eigenvalue weighted by molar-refractivity contribution is 6.00. The SMILES string of the molecule is O=C(N/N=C\c1cccc2ccccc12)c1ccc(O)c(O)c1. The Morgan fingerprint density at radius 1 is 0.957 bits per heavy atom. The molecule has 0 aliphatic rings. The molecule has 0 radical (unpaired) electrons. The number of hydrogen-bond acceptors (Lipinski definition) is 4. The van der Waals surface area contributed by atoms with Crippen molar-refractivity contribution in [3.8, 4) is 11.5 Å². The Labute approximate surface area is 132 Å². The summed E-state index contributed by atoms with van der Waals surface area (Å²) in [6.45, 7) is 0. The molecule has 0 aliphatic carbocycles. The molecule has 0 aromatic heterocycles. The van der Waals surface area contributed by atoms with Gasteiger partial charge in [0.15, 0.2) is 11.5 Å². The van der Waals surface area contributed by atoms with Gasteiger partial charge >= 0.3 is 0 Å². The third-order valence-electron chi connectivity index (χ3n) is 3.43. The van der Waals surface area contributed by atoms with E-state index in [9.17, 15) is 15.0 Å². The summed E-state index contributed by atoms with van der Waals surface area (Å²) < 4.78 is 0. The maximum Gasteiger partial charge on any atom is 0.271 e. The first-order chi connectivity index (χ1) is 11.1. The molecule has 0 atom stereocenters. The highest BCUT2D eigenvalue weighted by Crippen LogP contribution is 2.24. The van der Waals surface area contributed by atoms with Crippen LogP contribution < -0.4 is 5.43 Å². The van der Waals surface area contributed by atoms with Crippen LogP contribution in [-0.4, -0.2) is 22.3 Å². The zero-order valence-corrected chi connectivity index (χ0v) is 12.1. The van der Waals surface area contributed by atoms with Crippen LogP contribution in [0.1, 0.15) is 15.9 Å². The lowest BCUT2D eigenvalue weighted by Crippen LogP contribution is -2.17. The molecule has 3 N–H and O–H groups in total. The van der Waals surface area contributed by atoms with Crippen LogP contribution in [0.5, 0.6) is 11.5 Å². The summed E-state index contributed by atoms with van der Waals surface area (Å²) in [7, 11) is 0. The van der Waals surface area contributed by atoms with Crippen LogP contribution in [0, 0.1) is 0 Å². The Balaban J connectivity index is 1.77. The molecule has 3 rings (SSSR count). The maximum atomic E-state index is 11.9. The normalized spacial score (nSPS) is 11.0. The number of aromatic hydroxyl groups is 2. The zero-order valence-electron chi connectivity index (χ0n) is 12.1. The number of benzene rings is 3. The van der Waals surface area contributed by atoms with Gasteiger partial charge < -0.3 is 10.2 Å². The van der Waals surface area contributed by atoms with Gasteiger partial charge in [-0.05, 0) is 29.0 Å². The van der Waals surface area contributed by atoms with Gasteiger partial charge in [-0.3, -0.25) is 4.79 Å². The first-order valence-electron chi connectivity index (χ1n) is 6.98.